The molecule has 0 radical (unpaired) electrons. The van der Waals surface area contributed by atoms with Crippen molar-refractivity contribution >= 4 is 17.6 Å². The fourth-order valence-corrected chi connectivity index (χ4v) is 6.30. The van der Waals surface area contributed by atoms with Gasteiger partial charge < -0.3 is 25.2 Å². The lowest BCUT2D eigenvalue weighted by Gasteiger charge is -2.38. The molecule has 2 heterocycles. The molecule has 1 spiro atoms. The van der Waals surface area contributed by atoms with E-state index in [1.54, 1.807) is 7.11 Å². The quantitative estimate of drug-likeness (QED) is 0.336. The molecule has 3 aromatic rings. The maximum atomic E-state index is 13.5. The van der Waals surface area contributed by atoms with Crippen LogP contribution in [0.15, 0.2) is 72.8 Å². The minimum Gasteiger partial charge on any atom is -0.497 e. The van der Waals surface area contributed by atoms with Crippen LogP contribution in [0, 0.1) is 19.3 Å². The van der Waals surface area contributed by atoms with Gasteiger partial charge in [0.05, 0.1) is 18.6 Å². The minimum atomic E-state index is -0.231. The SMILES string of the molecule is COc1ccc(CN2CCC3(CCN(CCC(NC(=O)Nc4c(C)cccc4C)c4ccccc4)CC3)C2=O)cc1. The number of aryl methyl sites for hydroxylation is 2. The van der Waals surface area contributed by atoms with Gasteiger partial charge in [0, 0.05) is 25.3 Å². The van der Waals surface area contributed by atoms with Crippen molar-refractivity contribution in [1.82, 2.24) is 15.1 Å². The fraction of sp³-hybridized carbons (Fsp3) is 0.412. The van der Waals surface area contributed by atoms with Crippen molar-refractivity contribution in [3.05, 3.63) is 95.1 Å². The number of ether oxygens (including phenoxy) is 1. The lowest BCUT2D eigenvalue weighted by atomic mass is 9.77. The second kappa shape index (κ2) is 12.8. The first-order chi connectivity index (χ1) is 19.9. The molecule has 2 aliphatic heterocycles. The van der Waals surface area contributed by atoms with Crippen LogP contribution in [0.1, 0.15) is 54.0 Å². The van der Waals surface area contributed by atoms with Crippen LogP contribution in [0.2, 0.25) is 0 Å². The molecule has 2 aliphatic rings. The number of carbonyl (C=O) groups is 2. The van der Waals surface area contributed by atoms with Crippen LogP contribution in [-0.2, 0) is 11.3 Å². The topological polar surface area (TPSA) is 73.9 Å². The molecule has 7 nitrogen and oxygen atoms in total. The molecular formula is C34H42N4O3. The van der Waals surface area contributed by atoms with Crippen molar-refractivity contribution in [2.24, 2.45) is 5.41 Å². The summed E-state index contributed by atoms with van der Waals surface area (Å²) in [5.41, 5.74) is 4.95. The fourth-order valence-electron chi connectivity index (χ4n) is 6.30. The molecule has 0 bridgehead atoms. The number of benzene rings is 3. The van der Waals surface area contributed by atoms with Crippen molar-refractivity contribution in [2.45, 2.75) is 52.1 Å². The Kier molecular flexibility index (Phi) is 8.93. The Hall–Kier alpha value is -3.84. The van der Waals surface area contributed by atoms with Gasteiger partial charge >= 0.3 is 6.03 Å². The number of hydrogen-bond acceptors (Lipinski definition) is 4. The van der Waals surface area contributed by atoms with E-state index in [9.17, 15) is 9.59 Å². The van der Waals surface area contributed by atoms with E-state index < -0.39 is 0 Å². The third-order valence-electron chi connectivity index (χ3n) is 8.91. The number of methoxy groups -OCH3 is 1. The Balaban J connectivity index is 1.15. The zero-order chi connectivity index (χ0) is 28.8. The van der Waals surface area contributed by atoms with Gasteiger partial charge in [-0.1, -0.05) is 60.7 Å². The van der Waals surface area contributed by atoms with Gasteiger partial charge in [0.2, 0.25) is 5.91 Å². The molecule has 3 aromatic carbocycles. The molecular weight excluding hydrogens is 512 g/mol. The second-order valence-corrected chi connectivity index (χ2v) is 11.6. The molecule has 7 heteroatoms. The zero-order valence-corrected chi connectivity index (χ0v) is 24.5. The number of amides is 3. The van der Waals surface area contributed by atoms with Gasteiger partial charge in [0.15, 0.2) is 0 Å². The van der Waals surface area contributed by atoms with E-state index in [0.717, 1.165) is 85.6 Å². The molecule has 0 aliphatic carbocycles. The van der Waals surface area contributed by atoms with Gasteiger partial charge in [0.25, 0.3) is 0 Å². The number of likely N-dealkylation sites (tertiary alicyclic amines) is 2. The van der Waals surface area contributed by atoms with E-state index in [2.05, 4.69) is 27.7 Å². The lowest BCUT2D eigenvalue weighted by Crippen LogP contribution is -2.45. The number of carbonyl (C=O) groups excluding carboxylic acids is 2. The van der Waals surface area contributed by atoms with Crippen molar-refractivity contribution in [3.8, 4) is 5.75 Å². The Bertz CT molecular complexity index is 1310. The molecule has 2 N–H and O–H groups in total. The van der Waals surface area contributed by atoms with Gasteiger partial charge in [0.1, 0.15) is 5.75 Å². The summed E-state index contributed by atoms with van der Waals surface area (Å²) in [4.78, 5) is 31.1. The highest BCUT2D eigenvalue weighted by molar-refractivity contribution is 5.91. The lowest BCUT2D eigenvalue weighted by molar-refractivity contribution is -0.138. The highest BCUT2D eigenvalue weighted by Crippen LogP contribution is 2.42. The number of nitrogens with one attached hydrogen (secondary N) is 2. The smallest absolute Gasteiger partial charge is 0.319 e. The second-order valence-electron chi connectivity index (χ2n) is 11.6. The van der Waals surface area contributed by atoms with Crippen LogP contribution < -0.4 is 15.4 Å². The molecule has 216 valence electrons. The van der Waals surface area contributed by atoms with Crippen molar-refractivity contribution in [2.75, 3.05) is 38.6 Å². The maximum Gasteiger partial charge on any atom is 0.319 e. The average molecular weight is 555 g/mol. The third kappa shape index (κ3) is 6.73. The van der Waals surface area contributed by atoms with E-state index in [-0.39, 0.29) is 17.5 Å². The summed E-state index contributed by atoms with van der Waals surface area (Å²) in [5.74, 6) is 1.14. The van der Waals surface area contributed by atoms with E-state index in [1.165, 1.54) is 0 Å². The molecule has 0 saturated carbocycles. The van der Waals surface area contributed by atoms with Gasteiger partial charge in [-0.2, -0.15) is 0 Å². The van der Waals surface area contributed by atoms with Crippen LogP contribution in [0.25, 0.3) is 0 Å². The van der Waals surface area contributed by atoms with Crippen LogP contribution in [0.3, 0.4) is 0 Å². The van der Waals surface area contributed by atoms with Gasteiger partial charge in [-0.15, -0.1) is 0 Å². The number of para-hydroxylation sites is 1. The van der Waals surface area contributed by atoms with Gasteiger partial charge in [-0.25, -0.2) is 4.79 Å². The van der Waals surface area contributed by atoms with E-state index in [1.807, 2.05) is 79.4 Å². The number of urea groups is 1. The van der Waals surface area contributed by atoms with Crippen molar-refractivity contribution in [3.63, 3.8) is 0 Å². The van der Waals surface area contributed by atoms with Crippen LogP contribution in [0.4, 0.5) is 10.5 Å². The first-order valence-electron chi connectivity index (χ1n) is 14.7. The Morgan fingerprint density at radius 2 is 1.56 bits per heavy atom. The van der Waals surface area contributed by atoms with E-state index >= 15 is 0 Å². The summed E-state index contributed by atoms with van der Waals surface area (Å²) in [7, 11) is 1.66. The van der Waals surface area contributed by atoms with E-state index in [4.69, 9.17) is 4.74 Å². The first-order valence-corrected chi connectivity index (χ1v) is 14.7. The summed E-state index contributed by atoms with van der Waals surface area (Å²) >= 11 is 0. The molecule has 5 rings (SSSR count). The van der Waals surface area contributed by atoms with Crippen LogP contribution in [0.5, 0.6) is 5.75 Å². The first kappa shape index (κ1) is 28.7. The highest BCUT2D eigenvalue weighted by Gasteiger charge is 2.47. The summed E-state index contributed by atoms with van der Waals surface area (Å²) < 4.78 is 5.26. The van der Waals surface area contributed by atoms with Gasteiger partial charge in [-0.3, -0.25) is 4.79 Å². The Labute approximate surface area is 243 Å². The molecule has 2 fully saturated rings. The van der Waals surface area contributed by atoms with Gasteiger partial charge in [-0.05, 0) is 87.0 Å². The average Bonchev–Trinajstić information content (AvgIpc) is 3.28. The summed E-state index contributed by atoms with van der Waals surface area (Å²) in [6, 6.07) is 23.9. The summed E-state index contributed by atoms with van der Waals surface area (Å²) in [6.07, 6.45) is 3.51. The molecule has 3 amide bonds. The molecule has 2 saturated heterocycles. The zero-order valence-electron chi connectivity index (χ0n) is 24.5. The number of nitrogens with zero attached hydrogens (tertiary/aromatic N) is 2. The Morgan fingerprint density at radius 3 is 2.22 bits per heavy atom. The Morgan fingerprint density at radius 1 is 0.902 bits per heavy atom. The van der Waals surface area contributed by atoms with Crippen molar-refractivity contribution < 1.29 is 14.3 Å². The predicted molar refractivity (Wildman–Crippen MR) is 163 cm³/mol. The number of anilines is 1. The molecule has 0 aromatic heterocycles. The molecule has 41 heavy (non-hydrogen) atoms. The maximum absolute atomic E-state index is 13.5. The number of hydrogen-bond donors (Lipinski definition) is 2. The third-order valence-corrected chi connectivity index (χ3v) is 8.91. The predicted octanol–water partition coefficient (Wildman–Crippen LogP) is 6.08. The van der Waals surface area contributed by atoms with Crippen LogP contribution >= 0.6 is 0 Å². The number of piperidine rings is 1. The summed E-state index contributed by atoms with van der Waals surface area (Å²) in [5, 5.41) is 6.29. The number of rotatable bonds is 9. The molecule has 1 atom stereocenters. The molecule has 1 unspecified atom stereocenters. The van der Waals surface area contributed by atoms with Crippen LogP contribution in [-0.4, -0.2) is 55.0 Å². The standard InChI is InChI=1S/C34H42N4O3/c1-25-8-7-9-26(2)31(25)36-33(40)35-30(28-10-5-4-6-11-28)16-20-37-21-17-34(18-22-37)19-23-38(32(34)39)24-27-12-14-29(41-3)15-13-27/h4-15,30H,16-24H2,1-3H3,(H2,35,36,40). The minimum absolute atomic E-state index is 0.107. The monoisotopic (exact) mass is 554 g/mol. The van der Waals surface area contributed by atoms with Crippen molar-refractivity contribution in [1.29, 1.82) is 0 Å². The normalized spacial score (nSPS) is 17.4. The largest absolute Gasteiger partial charge is 0.497 e. The summed E-state index contributed by atoms with van der Waals surface area (Å²) in [6.45, 7) is 8.16. The van der Waals surface area contributed by atoms with E-state index in [0.29, 0.717) is 12.5 Å². The highest BCUT2D eigenvalue weighted by atomic mass is 16.5.